The molecule has 28 heavy (non-hydrogen) atoms. The predicted molar refractivity (Wildman–Crippen MR) is 97.2 cm³/mol. The number of nitrogens with zero attached hydrogens (tertiary/aromatic N) is 2. The summed E-state index contributed by atoms with van der Waals surface area (Å²) >= 11 is 0. The smallest absolute Gasteiger partial charge is 0.407 e. The topological polar surface area (TPSA) is 83.6 Å². The van der Waals surface area contributed by atoms with Crippen LogP contribution in [0, 0.1) is 14.4 Å². The van der Waals surface area contributed by atoms with Gasteiger partial charge in [0, 0.05) is 38.3 Å². The Hall–Kier alpha value is -1.39. The van der Waals surface area contributed by atoms with Crippen molar-refractivity contribution in [3.05, 3.63) is 54.9 Å². The van der Waals surface area contributed by atoms with E-state index in [0.29, 0.717) is 5.56 Å². The minimum Gasteiger partial charge on any atom is -0.504 e. The largest absolute Gasteiger partial charge is 0.504 e. The summed E-state index contributed by atoms with van der Waals surface area (Å²) in [5.41, 5.74) is 0.213. The summed E-state index contributed by atoms with van der Waals surface area (Å²) in [4.78, 5) is 3.01. The standard InChI is InChI=1S/C14H11F3N2O4S.C2H6.CH3.Y/c1-8-4-2-3-5-9(8)12-11(20)10-13(23-7-18-10)19(24(12,21)22)6-14(15,16)17;1-2;;/h2-5,7,20H,6H2,1H3;1-2H3;1H3;/q;;-1;. The molecule has 0 saturated heterocycles. The van der Waals surface area contributed by atoms with Crippen LogP contribution >= 0.6 is 0 Å². The van der Waals surface area contributed by atoms with E-state index < -0.39 is 39.3 Å². The average molecular weight is 494 g/mol. The van der Waals surface area contributed by atoms with Crippen molar-refractivity contribution in [2.24, 2.45) is 0 Å². The van der Waals surface area contributed by atoms with Gasteiger partial charge in [0.25, 0.3) is 10.0 Å². The fourth-order valence-corrected chi connectivity index (χ4v) is 4.17. The number of benzene rings is 1. The maximum atomic E-state index is 12.8. The number of aromatic nitrogens is 1. The molecule has 1 aliphatic rings. The van der Waals surface area contributed by atoms with E-state index in [0.717, 1.165) is 6.39 Å². The van der Waals surface area contributed by atoms with Crippen LogP contribution in [0.25, 0.3) is 10.7 Å². The molecule has 3 rings (SSSR count). The normalized spacial score (nSPS) is 14.9. The SMILES string of the molecule is CC.Cc1ccccc1C1=C(O)c2ncoc2N(CC(F)(F)F)S1(=O)=O.[CH3-].[Y]. The molecule has 0 amide bonds. The first kappa shape index (κ1) is 26.6. The van der Waals surface area contributed by atoms with Crippen molar-refractivity contribution in [2.75, 3.05) is 10.8 Å². The number of hydrogen-bond acceptors (Lipinski definition) is 5. The second-order valence-electron chi connectivity index (χ2n) is 5.13. The second kappa shape index (κ2) is 9.89. The summed E-state index contributed by atoms with van der Waals surface area (Å²) in [5, 5.41) is 10.3. The van der Waals surface area contributed by atoms with Gasteiger partial charge >= 0.3 is 6.18 Å². The first-order valence-corrected chi connectivity index (χ1v) is 9.09. The third-order valence-corrected chi connectivity index (χ3v) is 5.28. The van der Waals surface area contributed by atoms with Gasteiger partial charge in [-0.05, 0) is 12.5 Å². The number of alkyl halides is 3. The first-order valence-electron chi connectivity index (χ1n) is 7.65. The van der Waals surface area contributed by atoms with Crippen molar-refractivity contribution in [3.63, 3.8) is 0 Å². The van der Waals surface area contributed by atoms with E-state index in [1.54, 1.807) is 19.1 Å². The Morgan fingerprint density at radius 1 is 1.21 bits per heavy atom. The number of hydrogen-bond donors (Lipinski definition) is 1. The Kier molecular flexibility index (Phi) is 9.40. The fourth-order valence-electron chi connectivity index (χ4n) is 2.44. The molecule has 0 saturated carbocycles. The molecule has 0 unspecified atom stereocenters. The summed E-state index contributed by atoms with van der Waals surface area (Å²) < 4.78 is 68.8. The fraction of sp³-hybridized carbons (Fsp3) is 0.294. The summed E-state index contributed by atoms with van der Waals surface area (Å²) in [6, 6.07) is 6.14. The van der Waals surface area contributed by atoms with E-state index in [1.807, 2.05) is 13.8 Å². The van der Waals surface area contributed by atoms with Crippen LogP contribution in [0.3, 0.4) is 0 Å². The molecule has 0 bridgehead atoms. The molecule has 0 atom stereocenters. The molecule has 2 aromatic rings. The van der Waals surface area contributed by atoms with Gasteiger partial charge in [0.15, 0.2) is 17.8 Å². The van der Waals surface area contributed by atoms with E-state index in [1.165, 1.54) is 12.1 Å². The van der Waals surface area contributed by atoms with Crippen molar-refractivity contribution in [1.82, 2.24) is 4.98 Å². The number of aryl methyl sites for hydroxylation is 1. The molecule has 0 spiro atoms. The monoisotopic (exact) mass is 494 g/mol. The molecule has 1 N–H and O–H groups in total. The van der Waals surface area contributed by atoms with E-state index in [-0.39, 0.29) is 55.7 Å². The minimum absolute atomic E-state index is 0. The zero-order chi connectivity index (χ0) is 19.7. The molecule has 2 heterocycles. The number of anilines is 1. The van der Waals surface area contributed by atoms with E-state index in [9.17, 15) is 26.7 Å². The van der Waals surface area contributed by atoms with Crippen molar-refractivity contribution < 1.29 is 63.8 Å². The summed E-state index contributed by atoms with van der Waals surface area (Å²) in [6.45, 7) is 3.79. The molecule has 0 aliphatic carbocycles. The molecule has 1 aromatic carbocycles. The molecular formula is C17H20F3N2O4SY-. The second-order valence-corrected chi connectivity index (χ2v) is 6.92. The Bertz CT molecular complexity index is 940. The quantitative estimate of drug-likeness (QED) is 0.620. The van der Waals surface area contributed by atoms with E-state index in [4.69, 9.17) is 4.42 Å². The van der Waals surface area contributed by atoms with Gasteiger partial charge < -0.3 is 17.0 Å². The molecule has 153 valence electrons. The molecule has 0 fully saturated rings. The van der Waals surface area contributed by atoms with Crippen LogP contribution in [-0.2, 0) is 42.7 Å². The van der Waals surface area contributed by atoms with Crippen LogP contribution in [0.4, 0.5) is 19.1 Å². The van der Waals surface area contributed by atoms with Crippen LogP contribution < -0.4 is 4.31 Å². The van der Waals surface area contributed by atoms with Crippen molar-refractivity contribution in [2.45, 2.75) is 26.9 Å². The van der Waals surface area contributed by atoms with Crippen LogP contribution in [0.2, 0.25) is 0 Å². The summed E-state index contributed by atoms with van der Waals surface area (Å²) in [7, 11) is -4.70. The maximum absolute atomic E-state index is 12.8. The van der Waals surface area contributed by atoms with Gasteiger partial charge in [-0.25, -0.2) is 17.7 Å². The number of oxazole rings is 1. The third kappa shape index (κ3) is 4.96. The van der Waals surface area contributed by atoms with E-state index >= 15 is 0 Å². The van der Waals surface area contributed by atoms with Crippen molar-refractivity contribution in [3.8, 4) is 0 Å². The van der Waals surface area contributed by atoms with Gasteiger partial charge in [-0.1, -0.05) is 38.1 Å². The molecule has 1 radical (unpaired) electrons. The van der Waals surface area contributed by atoms with Crippen LogP contribution in [0.1, 0.15) is 30.7 Å². The molecule has 1 aromatic heterocycles. The van der Waals surface area contributed by atoms with Gasteiger partial charge in [-0.2, -0.15) is 13.2 Å². The Labute approximate surface area is 187 Å². The Morgan fingerprint density at radius 3 is 2.32 bits per heavy atom. The number of aliphatic hydroxyl groups excluding tert-OH is 1. The number of rotatable bonds is 2. The molecular weight excluding hydrogens is 474 g/mol. The minimum atomic E-state index is -4.80. The summed E-state index contributed by atoms with van der Waals surface area (Å²) in [6.07, 6.45) is -4.03. The zero-order valence-electron chi connectivity index (χ0n) is 15.8. The molecule has 11 heteroatoms. The third-order valence-electron chi connectivity index (χ3n) is 3.48. The van der Waals surface area contributed by atoms with Gasteiger partial charge in [0.2, 0.25) is 5.88 Å². The van der Waals surface area contributed by atoms with Crippen LogP contribution in [-0.4, -0.2) is 31.2 Å². The van der Waals surface area contributed by atoms with Crippen LogP contribution in [0.5, 0.6) is 0 Å². The number of sulfonamides is 1. The molecule has 6 nitrogen and oxygen atoms in total. The first-order chi connectivity index (χ1) is 12.1. The van der Waals surface area contributed by atoms with Gasteiger partial charge in [-0.3, -0.25) is 0 Å². The number of aliphatic hydroxyl groups is 1. The number of halogens is 3. The van der Waals surface area contributed by atoms with Crippen molar-refractivity contribution in [1.29, 1.82) is 0 Å². The average Bonchev–Trinajstić information content (AvgIpc) is 3.04. The predicted octanol–water partition coefficient (Wildman–Crippen LogP) is 4.55. The number of fused-ring (bicyclic) bond motifs is 1. The van der Waals surface area contributed by atoms with Crippen molar-refractivity contribution >= 4 is 26.6 Å². The Morgan fingerprint density at radius 2 is 1.79 bits per heavy atom. The van der Waals surface area contributed by atoms with Gasteiger partial charge in [0.1, 0.15) is 11.4 Å². The Balaban J connectivity index is 0.00000177. The zero-order valence-corrected chi connectivity index (χ0v) is 19.4. The maximum Gasteiger partial charge on any atom is 0.407 e. The van der Waals surface area contributed by atoms with Crippen LogP contribution in [0.15, 0.2) is 35.1 Å². The van der Waals surface area contributed by atoms with Gasteiger partial charge in [-0.15, -0.1) is 0 Å². The van der Waals surface area contributed by atoms with Gasteiger partial charge in [0.05, 0.1) is 0 Å². The van der Waals surface area contributed by atoms with E-state index in [2.05, 4.69) is 4.98 Å². The molecule has 1 aliphatic heterocycles. The summed E-state index contributed by atoms with van der Waals surface area (Å²) in [5.74, 6) is -1.41.